The smallest absolute Gasteiger partial charge is 0.277 e. The second kappa shape index (κ2) is 5.65. The number of pyridine rings is 1. The summed E-state index contributed by atoms with van der Waals surface area (Å²) in [6, 6.07) is 5.32. The second-order valence-electron chi connectivity index (χ2n) is 4.64. The Morgan fingerprint density at radius 3 is 2.84 bits per heavy atom. The topological polar surface area (TPSA) is 68.1 Å². The van der Waals surface area contributed by atoms with E-state index in [2.05, 4.69) is 24.1 Å². The van der Waals surface area contributed by atoms with Gasteiger partial charge in [-0.05, 0) is 25.5 Å². The van der Waals surface area contributed by atoms with Crippen molar-refractivity contribution in [2.24, 2.45) is 0 Å². The van der Waals surface area contributed by atoms with Gasteiger partial charge in [-0.15, -0.1) is 0 Å². The molecule has 0 aliphatic carbocycles. The lowest BCUT2D eigenvalue weighted by molar-refractivity contribution is -0.383. The molecule has 0 aliphatic heterocycles. The molecule has 0 radical (unpaired) electrons. The van der Waals surface area contributed by atoms with Crippen LogP contribution in [0.3, 0.4) is 0 Å². The average molecular weight is 259 g/mol. The van der Waals surface area contributed by atoms with Crippen LogP contribution in [0.15, 0.2) is 30.6 Å². The number of rotatable bonds is 5. The zero-order chi connectivity index (χ0) is 13.8. The highest BCUT2D eigenvalue weighted by Crippen LogP contribution is 2.31. The molecule has 0 saturated carbocycles. The Morgan fingerprint density at radius 2 is 2.16 bits per heavy atom. The molecule has 0 amide bonds. The molecular formula is C14H17N3O2. The number of nitrogens with zero attached hydrogens (tertiary/aromatic N) is 2. The third-order valence-corrected chi connectivity index (χ3v) is 3.12. The molecule has 5 nitrogen and oxygen atoms in total. The maximum absolute atomic E-state index is 11.0. The van der Waals surface area contributed by atoms with Crippen LogP contribution in [-0.2, 0) is 0 Å². The number of nitrogens with one attached hydrogen (secondary N) is 1. The summed E-state index contributed by atoms with van der Waals surface area (Å²) in [4.78, 5) is 14.7. The van der Waals surface area contributed by atoms with Crippen LogP contribution in [0.25, 0.3) is 10.8 Å². The van der Waals surface area contributed by atoms with Gasteiger partial charge in [0.25, 0.3) is 5.69 Å². The lowest BCUT2D eigenvalue weighted by atomic mass is 10.1. The Hall–Kier alpha value is -2.17. The first-order valence-corrected chi connectivity index (χ1v) is 6.41. The van der Waals surface area contributed by atoms with E-state index in [1.54, 1.807) is 30.6 Å². The van der Waals surface area contributed by atoms with E-state index < -0.39 is 0 Å². The second-order valence-corrected chi connectivity index (χ2v) is 4.64. The van der Waals surface area contributed by atoms with E-state index in [1.807, 2.05) is 0 Å². The van der Waals surface area contributed by atoms with Crippen LogP contribution in [0.1, 0.15) is 26.7 Å². The minimum atomic E-state index is -0.360. The molecule has 1 aromatic carbocycles. The summed E-state index contributed by atoms with van der Waals surface area (Å²) >= 11 is 0. The zero-order valence-corrected chi connectivity index (χ0v) is 11.1. The standard InChI is InChI=1S/C14H17N3O2/c1-3-4-10(2)16-13-5-6-14(17(18)19)11-7-8-15-9-12(11)13/h5-10,16H,3-4H2,1-2H3. The summed E-state index contributed by atoms with van der Waals surface area (Å²) in [6.07, 6.45) is 5.40. The molecule has 2 aromatic rings. The van der Waals surface area contributed by atoms with Gasteiger partial charge in [0.1, 0.15) is 0 Å². The maximum Gasteiger partial charge on any atom is 0.277 e. The van der Waals surface area contributed by atoms with Crippen LogP contribution < -0.4 is 5.32 Å². The molecule has 1 heterocycles. The van der Waals surface area contributed by atoms with Crippen LogP contribution in [-0.4, -0.2) is 15.9 Å². The van der Waals surface area contributed by atoms with Gasteiger partial charge in [0, 0.05) is 35.6 Å². The van der Waals surface area contributed by atoms with Crippen LogP contribution in [0.5, 0.6) is 0 Å². The van der Waals surface area contributed by atoms with Crippen molar-refractivity contribution in [1.29, 1.82) is 0 Å². The number of non-ortho nitro benzene ring substituents is 1. The summed E-state index contributed by atoms with van der Waals surface area (Å²) in [7, 11) is 0. The number of nitro benzene ring substituents is 1. The van der Waals surface area contributed by atoms with E-state index >= 15 is 0 Å². The fourth-order valence-electron chi connectivity index (χ4n) is 2.23. The first kappa shape index (κ1) is 13.3. The highest BCUT2D eigenvalue weighted by molar-refractivity contribution is 5.99. The van der Waals surface area contributed by atoms with Crippen molar-refractivity contribution in [1.82, 2.24) is 4.98 Å². The summed E-state index contributed by atoms with van der Waals surface area (Å²) in [5.41, 5.74) is 1.01. The van der Waals surface area contributed by atoms with E-state index in [0.29, 0.717) is 11.4 Å². The van der Waals surface area contributed by atoms with Crippen molar-refractivity contribution in [2.75, 3.05) is 5.32 Å². The van der Waals surface area contributed by atoms with Gasteiger partial charge < -0.3 is 5.32 Å². The van der Waals surface area contributed by atoms with E-state index in [-0.39, 0.29) is 10.6 Å². The quantitative estimate of drug-likeness (QED) is 0.656. The normalized spacial score (nSPS) is 12.3. The first-order valence-electron chi connectivity index (χ1n) is 6.41. The molecule has 0 spiro atoms. The van der Waals surface area contributed by atoms with Crippen molar-refractivity contribution < 1.29 is 4.92 Å². The van der Waals surface area contributed by atoms with Gasteiger partial charge in [-0.3, -0.25) is 15.1 Å². The monoisotopic (exact) mass is 259 g/mol. The Bertz CT molecular complexity index is 598. The molecule has 0 saturated heterocycles. The summed E-state index contributed by atoms with van der Waals surface area (Å²) in [5.74, 6) is 0. The van der Waals surface area contributed by atoms with E-state index in [1.165, 1.54) is 0 Å². The number of nitro groups is 1. The highest BCUT2D eigenvalue weighted by Gasteiger charge is 2.14. The van der Waals surface area contributed by atoms with Crippen molar-refractivity contribution in [3.63, 3.8) is 0 Å². The van der Waals surface area contributed by atoms with E-state index in [0.717, 1.165) is 23.9 Å². The molecule has 0 aliphatic rings. The molecule has 1 atom stereocenters. The third kappa shape index (κ3) is 2.81. The molecule has 19 heavy (non-hydrogen) atoms. The molecule has 1 N–H and O–H groups in total. The van der Waals surface area contributed by atoms with Gasteiger partial charge in [-0.25, -0.2) is 0 Å². The number of hydrogen-bond acceptors (Lipinski definition) is 4. The number of benzene rings is 1. The Labute approximate surface area is 111 Å². The lowest BCUT2D eigenvalue weighted by Crippen LogP contribution is -2.14. The SMILES string of the molecule is CCCC(C)Nc1ccc([N+](=O)[O-])c2ccncc12. The summed E-state index contributed by atoms with van der Waals surface area (Å²) in [6.45, 7) is 4.24. The van der Waals surface area contributed by atoms with Crippen molar-refractivity contribution in [2.45, 2.75) is 32.7 Å². The van der Waals surface area contributed by atoms with Gasteiger partial charge in [0.05, 0.1) is 10.3 Å². The Balaban J connectivity index is 2.46. The zero-order valence-electron chi connectivity index (χ0n) is 11.1. The summed E-state index contributed by atoms with van der Waals surface area (Å²) < 4.78 is 0. The first-order chi connectivity index (χ1) is 9.13. The number of aromatic nitrogens is 1. The minimum Gasteiger partial charge on any atom is -0.382 e. The molecule has 0 fully saturated rings. The minimum absolute atomic E-state index is 0.117. The van der Waals surface area contributed by atoms with Crippen LogP contribution in [0.4, 0.5) is 11.4 Å². The fraction of sp³-hybridized carbons (Fsp3) is 0.357. The molecule has 100 valence electrons. The number of fused-ring (bicyclic) bond motifs is 1. The van der Waals surface area contributed by atoms with Crippen LogP contribution >= 0.6 is 0 Å². The van der Waals surface area contributed by atoms with Gasteiger partial charge in [0.2, 0.25) is 0 Å². The van der Waals surface area contributed by atoms with Crippen molar-refractivity contribution in [3.05, 3.63) is 40.7 Å². The summed E-state index contributed by atoms with van der Waals surface area (Å²) in [5, 5.41) is 15.8. The predicted molar refractivity (Wildman–Crippen MR) is 76.4 cm³/mol. The van der Waals surface area contributed by atoms with Crippen LogP contribution in [0.2, 0.25) is 0 Å². The van der Waals surface area contributed by atoms with Crippen molar-refractivity contribution in [3.8, 4) is 0 Å². The Kier molecular flexibility index (Phi) is 3.94. The third-order valence-electron chi connectivity index (χ3n) is 3.12. The van der Waals surface area contributed by atoms with Crippen LogP contribution in [0, 0.1) is 10.1 Å². The van der Waals surface area contributed by atoms with Gasteiger partial charge in [-0.2, -0.15) is 0 Å². The molecule has 2 rings (SSSR count). The van der Waals surface area contributed by atoms with Gasteiger partial charge >= 0.3 is 0 Å². The predicted octanol–water partition coefficient (Wildman–Crippen LogP) is 3.74. The van der Waals surface area contributed by atoms with Crippen molar-refractivity contribution >= 4 is 22.1 Å². The van der Waals surface area contributed by atoms with E-state index in [4.69, 9.17) is 0 Å². The molecular weight excluding hydrogens is 242 g/mol. The maximum atomic E-state index is 11.0. The Morgan fingerprint density at radius 1 is 1.37 bits per heavy atom. The molecule has 5 heteroatoms. The number of anilines is 1. The average Bonchev–Trinajstić information content (AvgIpc) is 2.39. The molecule has 1 unspecified atom stereocenters. The van der Waals surface area contributed by atoms with Gasteiger partial charge in [0.15, 0.2) is 0 Å². The largest absolute Gasteiger partial charge is 0.382 e. The highest BCUT2D eigenvalue weighted by atomic mass is 16.6. The lowest BCUT2D eigenvalue weighted by Gasteiger charge is -2.16. The fourth-order valence-corrected chi connectivity index (χ4v) is 2.23. The molecule has 1 aromatic heterocycles. The number of hydrogen-bond donors (Lipinski definition) is 1. The molecule has 0 bridgehead atoms. The van der Waals surface area contributed by atoms with E-state index in [9.17, 15) is 10.1 Å². The van der Waals surface area contributed by atoms with Gasteiger partial charge in [-0.1, -0.05) is 13.3 Å².